The summed E-state index contributed by atoms with van der Waals surface area (Å²) >= 11 is 1.42. The van der Waals surface area contributed by atoms with Crippen LogP contribution in [0, 0.1) is 5.82 Å². The van der Waals surface area contributed by atoms with Crippen LogP contribution in [0.5, 0.6) is 0 Å². The number of benzene rings is 2. The summed E-state index contributed by atoms with van der Waals surface area (Å²) in [6.45, 7) is 3.89. The molecule has 4 aromatic rings. The number of thiophene rings is 1. The van der Waals surface area contributed by atoms with Crippen LogP contribution in [0.4, 0.5) is 15.1 Å². The monoisotopic (exact) mass is 445 g/mol. The predicted octanol–water partition coefficient (Wildman–Crippen LogP) is 6.70. The first-order chi connectivity index (χ1) is 15.5. The zero-order valence-corrected chi connectivity index (χ0v) is 18.8. The standard InChI is InChI=1S/C26H24FN3OS/c1-3-25(31)30(17(2)18-7-5-4-6-8-18)21-13-14-29-23(15-21)26-22(16-24(28)32-26)19-9-11-20(27)12-10-19/h4-17H,3,28H2,1-2H3. The van der Waals surface area contributed by atoms with Crippen molar-refractivity contribution in [3.05, 3.63) is 90.4 Å². The van der Waals surface area contributed by atoms with Gasteiger partial charge in [-0.1, -0.05) is 49.4 Å². The molecule has 0 fully saturated rings. The van der Waals surface area contributed by atoms with E-state index < -0.39 is 0 Å². The third kappa shape index (κ3) is 4.41. The highest BCUT2D eigenvalue weighted by molar-refractivity contribution is 7.19. The molecule has 1 amide bonds. The molecule has 0 saturated carbocycles. The average Bonchev–Trinajstić information content (AvgIpc) is 3.22. The Kier molecular flexibility index (Phi) is 6.32. The Balaban J connectivity index is 1.78. The van der Waals surface area contributed by atoms with E-state index in [9.17, 15) is 9.18 Å². The maximum absolute atomic E-state index is 13.4. The summed E-state index contributed by atoms with van der Waals surface area (Å²) in [7, 11) is 0. The van der Waals surface area contributed by atoms with Crippen molar-refractivity contribution < 1.29 is 9.18 Å². The van der Waals surface area contributed by atoms with Crippen molar-refractivity contribution >= 4 is 27.9 Å². The van der Waals surface area contributed by atoms with Gasteiger partial charge in [0.2, 0.25) is 5.91 Å². The fraction of sp³-hybridized carbons (Fsp3) is 0.154. The maximum atomic E-state index is 13.4. The highest BCUT2D eigenvalue weighted by atomic mass is 32.1. The Morgan fingerprint density at radius 3 is 2.50 bits per heavy atom. The van der Waals surface area contributed by atoms with E-state index in [1.807, 2.05) is 67.3 Å². The molecule has 0 spiro atoms. The lowest BCUT2D eigenvalue weighted by atomic mass is 10.0. The van der Waals surface area contributed by atoms with Crippen LogP contribution in [0.2, 0.25) is 0 Å². The largest absolute Gasteiger partial charge is 0.391 e. The average molecular weight is 446 g/mol. The van der Waals surface area contributed by atoms with Gasteiger partial charge >= 0.3 is 0 Å². The highest BCUT2D eigenvalue weighted by Gasteiger charge is 2.23. The number of amides is 1. The smallest absolute Gasteiger partial charge is 0.227 e. The molecule has 162 valence electrons. The summed E-state index contributed by atoms with van der Waals surface area (Å²) in [5.41, 5.74) is 10.4. The lowest BCUT2D eigenvalue weighted by Gasteiger charge is -2.30. The quantitative estimate of drug-likeness (QED) is 0.359. The molecule has 6 heteroatoms. The Hall–Kier alpha value is -3.51. The maximum Gasteiger partial charge on any atom is 0.227 e. The minimum absolute atomic E-state index is 0.0305. The van der Waals surface area contributed by atoms with Gasteiger partial charge in [0, 0.05) is 23.9 Å². The molecular formula is C26H24FN3OS. The topological polar surface area (TPSA) is 59.2 Å². The van der Waals surface area contributed by atoms with E-state index in [0.29, 0.717) is 11.4 Å². The van der Waals surface area contributed by atoms with E-state index in [1.165, 1.54) is 23.5 Å². The summed E-state index contributed by atoms with van der Waals surface area (Å²) in [5, 5.41) is 0.644. The number of nitrogens with zero attached hydrogens (tertiary/aromatic N) is 2. The number of hydrogen-bond donors (Lipinski definition) is 1. The van der Waals surface area contributed by atoms with Gasteiger partial charge in [-0.2, -0.15) is 0 Å². The molecule has 2 heterocycles. The Morgan fingerprint density at radius 1 is 1.09 bits per heavy atom. The van der Waals surface area contributed by atoms with Crippen molar-refractivity contribution in [3.8, 4) is 21.7 Å². The van der Waals surface area contributed by atoms with E-state index in [-0.39, 0.29) is 17.8 Å². The molecule has 1 unspecified atom stereocenters. The Morgan fingerprint density at radius 2 is 1.81 bits per heavy atom. The molecule has 0 aliphatic carbocycles. The molecule has 0 aliphatic heterocycles. The van der Waals surface area contributed by atoms with Crippen molar-refractivity contribution in [1.29, 1.82) is 0 Å². The SMILES string of the molecule is CCC(=O)N(c1ccnc(-c2sc(N)cc2-c2ccc(F)cc2)c1)C(C)c1ccccc1. The van der Waals surface area contributed by atoms with Gasteiger partial charge in [-0.15, -0.1) is 11.3 Å². The molecule has 0 aliphatic rings. The van der Waals surface area contributed by atoms with Gasteiger partial charge < -0.3 is 10.6 Å². The molecule has 4 nitrogen and oxygen atoms in total. The van der Waals surface area contributed by atoms with Crippen molar-refractivity contribution in [2.45, 2.75) is 26.3 Å². The van der Waals surface area contributed by atoms with Crippen LogP contribution in [-0.2, 0) is 4.79 Å². The normalized spacial score (nSPS) is 11.8. The molecule has 0 radical (unpaired) electrons. The molecular weight excluding hydrogens is 421 g/mol. The first-order valence-corrected chi connectivity index (χ1v) is 11.3. The first kappa shape index (κ1) is 21.7. The van der Waals surface area contributed by atoms with Crippen LogP contribution in [0.3, 0.4) is 0 Å². The second-order valence-electron chi connectivity index (χ2n) is 7.50. The highest BCUT2D eigenvalue weighted by Crippen LogP contribution is 2.41. The number of halogens is 1. The second kappa shape index (κ2) is 9.32. The first-order valence-electron chi connectivity index (χ1n) is 10.5. The van der Waals surface area contributed by atoms with Crippen molar-refractivity contribution in [2.24, 2.45) is 0 Å². The van der Waals surface area contributed by atoms with E-state index in [0.717, 1.165) is 32.9 Å². The third-order valence-electron chi connectivity index (χ3n) is 5.40. The summed E-state index contributed by atoms with van der Waals surface area (Å²) in [4.78, 5) is 20.2. The number of nitrogen functional groups attached to an aromatic ring is 1. The zero-order valence-electron chi connectivity index (χ0n) is 18.0. The Labute approximate surface area is 191 Å². The lowest BCUT2D eigenvalue weighted by Crippen LogP contribution is -2.33. The van der Waals surface area contributed by atoms with Gasteiger partial charge in [-0.25, -0.2) is 4.39 Å². The molecule has 0 saturated heterocycles. The predicted molar refractivity (Wildman–Crippen MR) is 130 cm³/mol. The number of hydrogen-bond acceptors (Lipinski definition) is 4. The van der Waals surface area contributed by atoms with Crippen molar-refractivity contribution in [2.75, 3.05) is 10.6 Å². The number of pyridine rings is 1. The minimum atomic E-state index is -0.290. The van der Waals surface area contributed by atoms with Crippen LogP contribution < -0.4 is 10.6 Å². The fourth-order valence-corrected chi connectivity index (χ4v) is 4.69. The molecule has 1 atom stereocenters. The number of carbonyl (C=O) groups is 1. The third-order valence-corrected chi connectivity index (χ3v) is 6.39. The number of anilines is 2. The number of aromatic nitrogens is 1. The molecule has 4 rings (SSSR count). The summed E-state index contributed by atoms with van der Waals surface area (Å²) in [6, 6.07) is 21.8. The fourth-order valence-electron chi connectivity index (χ4n) is 3.77. The van der Waals surface area contributed by atoms with Crippen molar-refractivity contribution in [3.63, 3.8) is 0 Å². The summed E-state index contributed by atoms with van der Waals surface area (Å²) in [6.07, 6.45) is 2.10. The van der Waals surface area contributed by atoms with Gasteiger partial charge in [-0.3, -0.25) is 9.78 Å². The van der Waals surface area contributed by atoms with E-state index >= 15 is 0 Å². The van der Waals surface area contributed by atoms with E-state index in [4.69, 9.17) is 5.73 Å². The Bertz CT molecular complexity index is 1220. The van der Waals surface area contributed by atoms with Crippen LogP contribution >= 0.6 is 11.3 Å². The molecule has 2 N–H and O–H groups in total. The van der Waals surface area contributed by atoms with E-state index in [2.05, 4.69) is 4.98 Å². The van der Waals surface area contributed by atoms with Crippen LogP contribution in [0.1, 0.15) is 31.9 Å². The van der Waals surface area contributed by atoms with Gasteiger partial charge in [0.1, 0.15) is 5.82 Å². The molecule has 32 heavy (non-hydrogen) atoms. The number of carbonyl (C=O) groups excluding carboxylic acids is 1. The van der Waals surface area contributed by atoms with Gasteiger partial charge in [0.25, 0.3) is 0 Å². The molecule has 0 bridgehead atoms. The van der Waals surface area contributed by atoms with Gasteiger partial charge in [-0.05, 0) is 48.4 Å². The molecule has 2 aromatic heterocycles. The van der Waals surface area contributed by atoms with Crippen LogP contribution in [-0.4, -0.2) is 10.9 Å². The van der Waals surface area contributed by atoms with Gasteiger partial charge in [0.05, 0.1) is 21.6 Å². The van der Waals surface area contributed by atoms with E-state index in [1.54, 1.807) is 18.3 Å². The summed E-state index contributed by atoms with van der Waals surface area (Å²) in [5.74, 6) is -0.259. The summed E-state index contributed by atoms with van der Waals surface area (Å²) < 4.78 is 13.4. The van der Waals surface area contributed by atoms with Crippen molar-refractivity contribution in [1.82, 2.24) is 4.98 Å². The zero-order chi connectivity index (χ0) is 22.7. The minimum Gasteiger partial charge on any atom is -0.391 e. The van der Waals surface area contributed by atoms with Crippen LogP contribution in [0.15, 0.2) is 79.0 Å². The number of rotatable bonds is 6. The lowest BCUT2D eigenvalue weighted by molar-refractivity contribution is -0.118. The second-order valence-corrected chi connectivity index (χ2v) is 8.59. The van der Waals surface area contributed by atoms with Crippen LogP contribution in [0.25, 0.3) is 21.7 Å². The number of nitrogens with two attached hydrogens (primary N) is 1. The molecule has 2 aromatic carbocycles. The van der Waals surface area contributed by atoms with Gasteiger partial charge in [0.15, 0.2) is 0 Å².